The standard InChI is InChI=1S/C19H33N3O3/c23-18(20-8-11-21-12-14-25-15-13-21)16-4-6-17(7-5-16)19(24)22-9-2-1-3-10-22/h16-17H,1-15H2,(H,20,23). The van der Waals surface area contributed by atoms with E-state index in [9.17, 15) is 9.59 Å². The molecule has 2 amide bonds. The number of hydrogen-bond donors (Lipinski definition) is 1. The van der Waals surface area contributed by atoms with Crippen molar-refractivity contribution in [3.63, 3.8) is 0 Å². The fraction of sp³-hybridized carbons (Fsp3) is 0.895. The summed E-state index contributed by atoms with van der Waals surface area (Å²) < 4.78 is 5.34. The van der Waals surface area contributed by atoms with Gasteiger partial charge in [-0.05, 0) is 44.9 Å². The Bertz CT molecular complexity index is 437. The van der Waals surface area contributed by atoms with Crippen LogP contribution < -0.4 is 5.32 Å². The first-order chi connectivity index (χ1) is 12.2. The van der Waals surface area contributed by atoms with E-state index in [1.54, 1.807) is 0 Å². The van der Waals surface area contributed by atoms with Gasteiger partial charge in [-0.25, -0.2) is 0 Å². The van der Waals surface area contributed by atoms with Crippen LogP contribution in [-0.2, 0) is 14.3 Å². The highest BCUT2D eigenvalue weighted by Crippen LogP contribution is 2.30. The van der Waals surface area contributed by atoms with Gasteiger partial charge in [0.05, 0.1) is 13.2 Å². The predicted molar refractivity (Wildman–Crippen MR) is 96.1 cm³/mol. The highest BCUT2D eigenvalue weighted by atomic mass is 16.5. The lowest BCUT2D eigenvalue weighted by atomic mass is 9.80. The number of carbonyl (C=O) groups excluding carboxylic acids is 2. The lowest BCUT2D eigenvalue weighted by molar-refractivity contribution is -0.139. The summed E-state index contributed by atoms with van der Waals surface area (Å²) in [5, 5.41) is 3.09. The summed E-state index contributed by atoms with van der Waals surface area (Å²) in [6, 6.07) is 0. The van der Waals surface area contributed by atoms with Gasteiger partial charge in [0.1, 0.15) is 0 Å². The van der Waals surface area contributed by atoms with Crippen LogP contribution in [-0.4, -0.2) is 74.1 Å². The summed E-state index contributed by atoms with van der Waals surface area (Å²) in [4.78, 5) is 29.3. The Morgan fingerprint density at radius 2 is 1.52 bits per heavy atom. The van der Waals surface area contributed by atoms with Gasteiger partial charge >= 0.3 is 0 Å². The second kappa shape index (κ2) is 9.53. The van der Waals surface area contributed by atoms with Gasteiger partial charge in [-0.15, -0.1) is 0 Å². The average Bonchev–Trinajstić information content (AvgIpc) is 2.69. The van der Waals surface area contributed by atoms with Crippen LogP contribution in [0.25, 0.3) is 0 Å². The van der Waals surface area contributed by atoms with Crippen LogP contribution in [0.2, 0.25) is 0 Å². The van der Waals surface area contributed by atoms with Gasteiger partial charge < -0.3 is 15.0 Å². The van der Waals surface area contributed by atoms with Crippen molar-refractivity contribution in [2.75, 3.05) is 52.5 Å². The number of carbonyl (C=O) groups is 2. The van der Waals surface area contributed by atoms with Crippen LogP contribution in [0.4, 0.5) is 0 Å². The van der Waals surface area contributed by atoms with Gasteiger partial charge in [0, 0.05) is 51.1 Å². The van der Waals surface area contributed by atoms with E-state index in [0.29, 0.717) is 12.5 Å². The molecule has 142 valence electrons. The average molecular weight is 351 g/mol. The first-order valence-electron chi connectivity index (χ1n) is 10.1. The molecule has 3 aliphatic rings. The normalized spacial score (nSPS) is 28.6. The Morgan fingerprint density at radius 3 is 2.20 bits per heavy atom. The molecule has 0 bridgehead atoms. The molecule has 6 heteroatoms. The Hall–Kier alpha value is -1.14. The molecule has 2 saturated heterocycles. The Balaban J connectivity index is 1.33. The number of piperidine rings is 1. The van der Waals surface area contributed by atoms with Crippen molar-refractivity contribution in [2.24, 2.45) is 11.8 Å². The number of nitrogens with one attached hydrogen (secondary N) is 1. The smallest absolute Gasteiger partial charge is 0.225 e. The van der Waals surface area contributed by atoms with E-state index in [1.165, 1.54) is 6.42 Å². The SMILES string of the molecule is O=C(NCCN1CCOCC1)C1CCC(C(=O)N2CCCCC2)CC1. The zero-order valence-electron chi connectivity index (χ0n) is 15.4. The summed E-state index contributed by atoms with van der Waals surface area (Å²) in [6.07, 6.45) is 7.00. The first kappa shape index (κ1) is 18.6. The maximum absolute atomic E-state index is 12.6. The van der Waals surface area contributed by atoms with E-state index in [4.69, 9.17) is 4.74 Å². The third-order valence-corrected chi connectivity index (χ3v) is 5.95. The maximum atomic E-state index is 12.6. The molecule has 2 aliphatic heterocycles. The number of morpholine rings is 1. The molecule has 1 aliphatic carbocycles. The van der Waals surface area contributed by atoms with E-state index >= 15 is 0 Å². The number of nitrogens with zero attached hydrogens (tertiary/aromatic N) is 2. The maximum Gasteiger partial charge on any atom is 0.225 e. The van der Waals surface area contributed by atoms with E-state index < -0.39 is 0 Å². The lowest BCUT2D eigenvalue weighted by Gasteiger charge is -2.33. The second-order valence-electron chi connectivity index (χ2n) is 7.68. The molecule has 0 spiro atoms. The molecule has 2 heterocycles. The zero-order valence-corrected chi connectivity index (χ0v) is 15.4. The fourth-order valence-electron chi connectivity index (χ4n) is 4.28. The van der Waals surface area contributed by atoms with E-state index in [-0.39, 0.29) is 17.7 Å². The van der Waals surface area contributed by atoms with E-state index in [1.807, 2.05) is 0 Å². The summed E-state index contributed by atoms with van der Waals surface area (Å²) in [5.41, 5.74) is 0. The Labute approximate surface area is 151 Å². The van der Waals surface area contributed by atoms with Gasteiger partial charge in [0.2, 0.25) is 11.8 Å². The van der Waals surface area contributed by atoms with Crippen molar-refractivity contribution in [1.82, 2.24) is 15.1 Å². The molecule has 1 saturated carbocycles. The first-order valence-corrected chi connectivity index (χ1v) is 10.1. The third-order valence-electron chi connectivity index (χ3n) is 5.95. The number of rotatable bonds is 5. The highest BCUT2D eigenvalue weighted by Gasteiger charge is 2.32. The van der Waals surface area contributed by atoms with Crippen molar-refractivity contribution >= 4 is 11.8 Å². The minimum Gasteiger partial charge on any atom is -0.379 e. The third kappa shape index (κ3) is 5.42. The van der Waals surface area contributed by atoms with Crippen molar-refractivity contribution in [1.29, 1.82) is 0 Å². The summed E-state index contributed by atoms with van der Waals surface area (Å²) in [7, 11) is 0. The van der Waals surface area contributed by atoms with Gasteiger partial charge in [-0.3, -0.25) is 14.5 Å². The molecule has 0 radical (unpaired) electrons. The number of ether oxygens (including phenoxy) is 1. The second-order valence-corrected chi connectivity index (χ2v) is 7.68. The molecule has 0 aromatic carbocycles. The van der Waals surface area contributed by atoms with Crippen LogP contribution >= 0.6 is 0 Å². The van der Waals surface area contributed by atoms with Crippen molar-refractivity contribution in [3.05, 3.63) is 0 Å². The van der Waals surface area contributed by atoms with Crippen molar-refractivity contribution in [2.45, 2.75) is 44.9 Å². The van der Waals surface area contributed by atoms with Crippen molar-refractivity contribution in [3.8, 4) is 0 Å². The molecule has 0 unspecified atom stereocenters. The number of likely N-dealkylation sites (tertiary alicyclic amines) is 1. The Kier molecular flexibility index (Phi) is 7.11. The molecule has 3 rings (SSSR count). The molecule has 3 fully saturated rings. The quantitative estimate of drug-likeness (QED) is 0.810. The van der Waals surface area contributed by atoms with Crippen LogP contribution in [0.5, 0.6) is 0 Å². The summed E-state index contributed by atoms with van der Waals surface area (Å²) >= 11 is 0. The number of hydrogen-bond acceptors (Lipinski definition) is 4. The lowest BCUT2D eigenvalue weighted by Crippen LogP contribution is -2.44. The minimum atomic E-state index is 0.0927. The van der Waals surface area contributed by atoms with Crippen LogP contribution in [0.15, 0.2) is 0 Å². The summed E-state index contributed by atoms with van der Waals surface area (Å²) in [5.74, 6) is 0.758. The van der Waals surface area contributed by atoms with E-state index in [2.05, 4.69) is 15.1 Å². The van der Waals surface area contributed by atoms with Crippen LogP contribution in [0, 0.1) is 11.8 Å². The van der Waals surface area contributed by atoms with E-state index in [0.717, 1.165) is 84.5 Å². The van der Waals surface area contributed by atoms with Gasteiger partial charge in [0.25, 0.3) is 0 Å². The molecular weight excluding hydrogens is 318 g/mol. The van der Waals surface area contributed by atoms with Crippen LogP contribution in [0.3, 0.4) is 0 Å². The van der Waals surface area contributed by atoms with Gasteiger partial charge in [-0.1, -0.05) is 0 Å². The molecule has 1 N–H and O–H groups in total. The molecule has 25 heavy (non-hydrogen) atoms. The largest absolute Gasteiger partial charge is 0.379 e. The topological polar surface area (TPSA) is 61.9 Å². The highest BCUT2D eigenvalue weighted by molar-refractivity contribution is 5.81. The molecule has 0 aromatic rings. The predicted octanol–water partition coefficient (Wildman–Crippen LogP) is 1.25. The Morgan fingerprint density at radius 1 is 0.880 bits per heavy atom. The van der Waals surface area contributed by atoms with Crippen LogP contribution in [0.1, 0.15) is 44.9 Å². The fourth-order valence-corrected chi connectivity index (χ4v) is 4.28. The zero-order chi connectivity index (χ0) is 17.5. The van der Waals surface area contributed by atoms with Crippen molar-refractivity contribution < 1.29 is 14.3 Å². The number of amides is 2. The minimum absolute atomic E-state index is 0.0927. The summed E-state index contributed by atoms with van der Waals surface area (Å²) in [6.45, 7) is 6.98. The molecular formula is C19H33N3O3. The molecule has 0 atom stereocenters. The van der Waals surface area contributed by atoms with Gasteiger partial charge in [0.15, 0.2) is 0 Å². The monoisotopic (exact) mass is 351 g/mol. The molecule has 6 nitrogen and oxygen atoms in total. The molecule has 0 aromatic heterocycles. The van der Waals surface area contributed by atoms with Gasteiger partial charge in [-0.2, -0.15) is 0 Å².